The van der Waals surface area contributed by atoms with Crippen LogP contribution in [0.4, 0.5) is 5.95 Å². The van der Waals surface area contributed by atoms with Crippen molar-refractivity contribution in [2.45, 2.75) is 12.5 Å². The Kier molecular flexibility index (Phi) is 4.55. The molecule has 1 saturated heterocycles. The third-order valence-electron chi connectivity index (χ3n) is 5.63. The van der Waals surface area contributed by atoms with Gasteiger partial charge in [0, 0.05) is 44.4 Å². The van der Waals surface area contributed by atoms with Crippen molar-refractivity contribution >= 4 is 17.5 Å². The molecule has 150 valence electrons. The molecule has 3 aromatic rings. The molecule has 1 amide bonds. The monoisotopic (exact) mass is 392 g/mol. The van der Waals surface area contributed by atoms with Gasteiger partial charge in [0.25, 0.3) is 5.91 Å². The first-order valence-corrected chi connectivity index (χ1v) is 10.00. The summed E-state index contributed by atoms with van der Waals surface area (Å²) in [4.78, 5) is 22.0. The van der Waals surface area contributed by atoms with Crippen molar-refractivity contribution in [3.63, 3.8) is 0 Å². The summed E-state index contributed by atoms with van der Waals surface area (Å²) in [5.41, 5.74) is 2.33. The standard InChI is InChI=1S/C21H24N6O2/c1-25-9-11-26(12-10-25)21-23-19-7-6-15(14-27(19)24-21)20(28)22-17-8-13-29-18-5-3-2-4-16(17)18/h2-7,14,17H,8-13H2,1H3,(H,22,28)/t17-/m1/s1. The minimum absolute atomic E-state index is 0.0557. The number of carbonyl (C=O) groups excluding carboxylic acids is 1. The fourth-order valence-corrected chi connectivity index (χ4v) is 3.88. The lowest BCUT2D eigenvalue weighted by atomic mass is 10.0. The number of nitrogens with one attached hydrogen (secondary N) is 1. The van der Waals surface area contributed by atoms with Crippen molar-refractivity contribution in [2.24, 2.45) is 0 Å². The number of pyridine rings is 1. The Morgan fingerprint density at radius 2 is 1.97 bits per heavy atom. The number of nitrogens with zero attached hydrogens (tertiary/aromatic N) is 5. The lowest BCUT2D eigenvalue weighted by Gasteiger charge is -2.31. The maximum atomic E-state index is 12.9. The maximum absolute atomic E-state index is 12.9. The van der Waals surface area contributed by atoms with E-state index in [2.05, 4.69) is 32.2 Å². The number of para-hydroxylation sites is 1. The first-order valence-electron chi connectivity index (χ1n) is 10.00. The van der Waals surface area contributed by atoms with Crippen LogP contribution in [-0.2, 0) is 0 Å². The van der Waals surface area contributed by atoms with Crippen molar-refractivity contribution < 1.29 is 9.53 Å². The number of hydrogen-bond acceptors (Lipinski definition) is 6. The van der Waals surface area contributed by atoms with Crippen molar-refractivity contribution in [1.29, 1.82) is 0 Å². The molecule has 0 radical (unpaired) electrons. The zero-order valence-corrected chi connectivity index (χ0v) is 16.4. The van der Waals surface area contributed by atoms with Crippen LogP contribution in [-0.4, -0.2) is 65.2 Å². The molecule has 0 aliphatic carbocycles. The second-order valence-electron chi connectivity index (χ2n) is 7.62. The number of anilines is 1. The minimum atomic E-state index is -0.120. The second kappa shape index (κ2) is 7.36. The van der Waals surface area contributed by atoms with Gasteiger partial charge in [-0.1, -0.05) is 18.2 Å². The maximum Gasteiger partial charge on any atom is 0.253 e. The highest BCUT2D eigenvalue weighted by molar-refractivity contribution is 5.94. The van der Waals surface area contributed by atoms with Crippen molar-refractivity contribution in [3.05, 3.63) is 53.7 Å². The fraction of sp³-hybridized carbons (Fsp3) is 0.381. The Bertz CT molecular complexity index is 1040. The number of aromatic nitrogens is 3. The molecule has 0 bridgehead atoms. The van der Waals surface area contributed by atoms with Crippen LogP contribution in [0.3, 0.4) is 0 Å². The minimum Gasteiger partial charge on any atom is -0.493 e. The predicted molar refractivity (Wildman–Crippen MR) is 109 cm³/mol. The van der Waals surface area contributed by atoms with Gasteiger partial charge >= 0.3 is 0 Å². The fourth-order valence-electron chi connectivity index (χ4n) is 3.88. The first kappa shape index (κ1) is 17.9. The van der Waals surface area contributed by atoms with E-state index in [-0.39, 0.29) is 11.9 Å². The number of benzene rings is 1. The predicted octanol–water partition coefficient (Wildman–Crippen LogP) is 1.73. The Morgan fingerprint density at radius 3 is 2.83 bits per heavy atom. The molecule has 2 aromatic heterocycles. The third kappa shape index (κ3) is 3.51. The number of amides is 1. The van der Waals surface area contributed by atoms with E-state index in [1.165, 1.54) is 0 Å². The van der Waals surface area contributed by atoms with E-state index in [1.54, 1.807) is 16.8 Å². The summed E-state index contributed by atoms with van der Waals surface area (Å²) in [6, 6.07) is 11.4. The third-order valence-corrected chi connectivity index (χ3v) is 5.63. The van der Waals surface area contributed by atoms with Gasteiger partial charge in [0.2, 0.25) is 5.95 Å². The number of likely N-dealkylation sites (N-methyl/N-ethyl adjacent to an activating group) is 1. The zero-order valence-electron chi connectivity index (χ0n) is 16.4. The molecule has 1 atom stereocenters. The molecular formula is C21H24N6O2. The molecule has 0 unspecified atom stereocenters. The van der Waals surface area contributed by atoms with Crippen LogP contribution >= 0.6 is 0 Å². The number of ether oxygens (including phenoxy) is 1. The van der Waals surface area contributed by atoms with Crippen molar-refractivity contribution in [2.75, 3.05) is 44.7 Å². The summed E-state index contributed by atoms with van der Waals surface area (Å²) in [5.74, 6) is 1.44. The average molecular weight is 392 g/mol. The van der Waals surface area contributed by atoms with E-state index in [0.717, 1.165) is 49.6 Å². The van der Waals surface area contributed by atoms with Gasteiger partial charge in [0.15, 0.2) is 5.65 Å². The summed E-state index contributed by atoms with van der Waals surface area (Å²) in [5, 5.41) is 7.73. The van der Waals surface area contributed by atoms with E-state index in [9.17, 15) is 4.79 Å². The molecular weight excluding hydrogens is 368 g/mol. The van der Waals surface area contributed by atoms with Crippen LogP contribution < -0.4 is 15.0 Å². The zero-order chi connectivity index (χ0) is 19.8. The van der Waals surface area contributed by atoms with E-state index >= 15 is 0 Å². The Morgan fingerprint density at radius 1 is 1.14 bits per heavy atom. The van der Waals surface area contributed by atoms with Crippen LogP contribution in [0, 0.1) is 0 Å². The summed E-state index contributed by atoms with van der Waals surface area (Å²) < 4.78 is 7.38. The lowest BCUT2D eigenvalue weighted by molar-refractivity contribution is 0.0924. The summed E-state index contributed by atoms with van der Waals surface area (Å²) >= 11 is 0. The molecule has 2 aliphatic heterocycles. The van der Waals surface area contributed by atoms with E-state index in [4.69, 9.17) is 4.74 Å². The molecule has 1 aromatic carbocycles. The largest absolute Gasteiger partial charge is 0.493 e. The second-order valence-corrected chi connectivity index (χ2v) is 7.62. The highest BCUT2D eigenvalue weighted by atomic mass is 16.5. The molecule has 1 N–H and O–H groups in total. The van der Waals surface area contributed by atoms with Crippen LogP contribution in [0.5, 0.6) is 5.75 Å². The quantitative estimate of drug-likeness (QED) is 0.732. The normalized spacial score (nSPS) is 19.6. The van der Waals surface area contributed by atoms with Crippen LogP contribution in [0.2, 0.25) is 0 Å². The summed E-state index contributed by atoms with van der Waals surface area (Å²) in [6.07, 6.45) is 2.50. The molecule has 29 heavy (non-hydrogen) atoms. The number of fused-ring (bicyclic) bond motifs is 2. The van der Waals surface area contributed by atoms with E-state index < -0.39 is 0 Å². The molecule has 5 rings (SSSR count). The molecule has 0 spiro atoms. The lowest BCUT2D eigenvalue weighted by Crippen LogP contribution is -2.44. The van der Waals surface area contributed by atoms with Crippen LogP contribution in [0.1, 0.15) is 28.4 Å². The molecule has 1 fully saturated rings. The molecule has 0 saturated carbocycles. The van der Waals surface area contributed by atoms with Gasteiger partial charge in [-0.2, -0.15) is 4.98 Å². The van der Waals surface area contributed by atoms with Gasteiger partial charge in [-0.3, -0.25) is 4.79 Å². The van der Waals surface area contributed by atoms with Crippen molar-refractivity contribution in [1.82, 2.24) is 24.8 Å². The van der Waals surface area contributed by atoms with E-state index in [1.807, 2.05) is 30.3 Å². The first-order chi connectivity index (χ1) is 14.2. The average Bonchev–Trinajstić information content (AvgIpc) is 3.18. The van der Waals surface area contributed by atoms with Gasteiger partial charge in [-0.15, -0.1) is 5.10 Å². The number of carbonyl (C=O) groups is 1. The van der Waals surface area contributed by atoms with E-state index in [0.29, 0.717) is 18.1 Å². The molecule has 4 heterocycles. The van der Waals surface area contributed by atoms with Crippen LogP contribution in [0.25, 0.3) is 5.65 Å². The smallest absolute Gasteiger partial charge is 0.253 e. The Labute approximate surface area is 169 Å². The van der Waals surface area contributed by atoms with Gasteiger partial charge in [-0.25, -0.2) is 4.52 Å². The Balaban J connectivity index is 1.35. The van der Waals surface area contributed by atoms with Crippen molar-refractivity contribution in [3.8, 4) is 5.75 Å². The number of rotatable bonds is 3. The van der Waals surface area contributed by atoms with Gasteiger partial charge in [0.05, 0.1) is 18.2 Å². The number of hydrogen-bond donors (Lipinski definition) is 1. The van der Waals surface area contributed by atoms with Crippen LogP contribution in [0.15, 0.2) is 42.6 Å². The summed E-state index contributed by atoms with van der Waals surface area (Å²) in [7, 11) is 2.12. The van der Waals surface area contributed by atoms with Gasteiger partial charge < -0.3 is 19.9 Å². The number of piperazine rings is 1. The molecule has 8 heteroatoms. The van der Waals surface area contributed by atoms with Gasteiger partial charge in [0.1, 0.15) is 5.75 Å². The highest BCUT2D eigenvalue weighted by Crippen LogP contribution is 2.31. The molecule has 2 aliphatic rings. The highest BCUT2D eigenvalue weighted by Gasteiger charge is 2.24. The SMILES string of the molecule is CN1CCN(c2nc3ccc(C(=O)N[C@@H]4CCOc5ccccc54)cn3n2)CC1. The molecule has 8 nitrogen and oxygen atoms in total. The topological polar surface area (TPSA) is 75.0 Å². The summed E-state index contributed by atoms with van der Waals surface area (Å²) in [6.45, 7) is 4.40. The Hall–Kier alpha value is -3.13. The van der Waals surface area contributed by atoms with Gasteiger partial charge in [-0.05, 0) is 25.2 Å².